The van der Waals surface area contributed by atoms with E-state index < -0.39 is 6.04 Å². The first-order valence-electron chi connectivity index (χ1n) is 8.47. The van der Waals surface area contributed by atoms with Crippen LogP contribution in [0.2, 0.25) is 5.02 Å². The van der Waals surface area contributed by atoms with Crippen LogP contribution in [0.15, 0.2) is 54.6 Å². The molecule has 0 radical (unpaired) electrons. The summed E-state index contributed by atoms with van der Waals surface area (Å²) in [6, 6.07) is 15.8. The maximum atomic E-state index is 12.6. The molecular formula is C20H23ClN2O3. The molecule has 2 aromatic carbocycles. The number of hydrogen-bond donors (Lipinski definition) is 3. The zero-order chi connectivity index (χ0) is 18.9. The molecule has 2 amide bonds. The second-order valence-electron chi connectivity index (χ2n) is 6.05. The molecule has 0 heterocycles. The van der Waals surface area contributed by atoms with Gasteiger partial charge < -0.3 is 15.7 Å². The summed E-state index contributed by atoms with van der Waals surface area (Å²) in [4.78, 5) is 24.1. The van der Waals surface area contributed by atoms with Crippen LogP contribution in [-0.2, 0) is 9.59 Å². The van der Waals surface area contributed by atoms with Gasteiger partial charge in [0.2, 0.25) is 11.8 Å². The van der Waals surface area contributed by atoms with Crippen LogP contribution in [0, 0.1) is 0 Å². The average Bonchev–Trinajstić information content (AvgIpc) is 2.62. The van der Waals surface area contributed by atoms with Crippen molar-refractivity contribution in [3.8, 4) is 0 Å². The molecule has 0 aliphatic heterocycles. The van der Waals surface area contributed by atoms with Gasteiger partial charge in [-0.15, -0.1) is 0 Å². The number of halogens is 1. The SMILES string of the molecule is CC(=O)N[C@H](CC(=O)N[C@H](CCO)c1ccccc1)c1ccc(Cl)cc1. The van der Waals surface area contributed by atoms with Crippen molar-refractivity contribution >= 4 is 23.4 Å². The Balaban J connectivity index is 2.09. The minimum Gasteiger partial charge on any atom is -0.396 e. The van der Waals surface area contributed by atoms with Gasteiger partial charge in [0, 0.05) is 18.6 Å². The summed E-state index contributed by atoms with van der Waals surface area (Å²) in [5, 5.41) is 15.6. The fourth-order valence-corrected chi connectivity index (χ4v) is 2.89. The number of aliphatic hydroxyl groups is 1. The predicted octanol–water partition coefficient (Wildman–Crippen LogP) is 3.15. The highest BCUT2D eigenvalue weighted by Gasteiger charge is 2.20. The van der Waals surface area contributed by atoms with Gasteiger partial charge in [-0.25, -0.2) is 0 Å². The summed E-state index contributed by atoms with van der Waals surface area (Å²) in [6.07, 6.45) is 0.511. The summed E-state index contributed by atoms with van der Waals surface area (Å²) in [7, 11) is 0. The zero-order valence-corrected chi connectivity index (χ0v) is 15.4. The molecule has 3 N–H and O–H groups in total. The Morgan fingerprint density at radius 1 is 0.962 bits per heavy atom. The van der Waals surface area contributed by atoms with Gasteiger partial charge in [-0.3, -0.25) is 9.59 Å². The molecule has 0 saturated heterocycles. The minimum atomic E-state index is -0.449. The first-order valence-corrected chi connectivity index (χ1v) is 8.85. The van der Waals surface area contributed by atoms with Gasteiger partial charge in [0.05, 0.1) is 18.5 Å². The molecule has 0 fully saturated rings. The fourth-order valence-electron chi connectivity index (χ4n) is 2.77. The van der Waals surface area contributed by atoms with E-state index in [9.17, 15) is 14.7 Å². The summed E-state index contributed by atoms with van der Waals surface area (Å²) in [6.45, 7) is 1.38. The van der Waals surface area contributed by atoms with Gasteiger partial charge in [-0.2, -0.15) is 0 Å². The van der Waals surface area contributed by atoms with Crippen molar-refractivity contribution in [2.75, 3.05) is 6.61 Å². The molecule has 0 bridgehead atoms. The van der Waals surface area contributed by atoms with E-state index in [4.69, 9.17) is 11.6 Å². The maximum Gasteiger partial charge on any atom is 0.222 e. The van der Waals surface area contributed by atoms with Crippen molar-refractivity contribution in [1.82, 2.24) is 10.6 Å². The van der Waals surface area contributed by atoms with Gasteiger partial charge in [-0.1, -0.05) is 54.1 Å². The van der Waals surface area contributed by atoms with Crippen molar-refractivity contribution in [3.05, 3.63) is 70.7 Å². The number of hydrogen-bond acceptors (Lipinski definition) is 3. The zero-order valence-electron chi connectivity index (χ0n) is 14.6. The van der Waals surface area contributed by atoms with Crippen LogP contribution in [0.4, 0.5) is 0 Å². The Hall–Kier alpha value is -2.37. The van der Waals surface area contributed by atoms with Crippen molar-refractivity contribution in [3.63, 3.8) is 0 Å². The summed E-state index contributed by atoms with van der Waals surface area (Å²) in [5.74, 6) is -0.422. The van der Waals surface area contributed by atoms with E-state index in [0.29, 0.717) is 11.4 Å². The lowest BCUT2D eigenvalue weighted by Gasteiger charge is -2.22. The highest BCUT2D eigenvalue weighted by molar-refractivity contribution is 6.30. The van der Waals surface area contributed by atoms with Crippen LogP contribution in [0.5, 0.6) is 0 Å². The molecule has 0 aromatic heterocycles. The largest absolute Gasteiger partial charge is 0.396 e. The van der Waals surface area contributed by atoms with Crippen molar-refractivity contribution < 1.29 is 14.7 Å². The van der Waals surface area contributed by atoms with Crippen molar-refractivity contribution in [1.29, 1.82) is 0 Å². The Labute approximate surface area is 158 Å². The van der Waals surface area contributed by atoms with E-state index in [2.05, 4.69) is 10.6 Å². The number of benzene rings is 2. The second kappa shape index (κ2) is 9.94. The number of aliphatic hydroxyl groups excluding tert-OH is 1. The molecule has 2 rings (SSSR count). The molecular weight excluding hydrogens is 352 g/mol. The van der Waals surface area contributed by atoms with Crippen molar-refractivity contribution in [2.45, 2.75) is 31.8 Å². The topological polar surface area (TPSA) is 78.4 Å². The fraction of sp³-hybridized carbons (Fsp3) is 0.300. The van der Waals surface area contributed by atoms with Gasteiger partial charge in [0.25, 0.3) is 0 Å². The van der Waals surface area contributed by atoms with Gasteiger partial charge in [0.1, 0.15) is 0 Å². The Morgan fingerprint density at radius 3 is 2.15 bits per heavy atom. The highest BCUT2D eigenvalue weighted by Crippen LogP contribution is 2.21. The second-order valence-corrected chi connectivity index (χ2v) is 6.49. The lowest BCUT2D eigenvalue weighted by atomic mass is 10.0. The summed E-state index contributed by atoms with van der Waals surface area (Å²) in [5.41, 5.74) is 1.73. The number of carbonyl (C=O) groups is 2. The molecule has 6 heteroatoms. The molecule has 5 nitrogen and oxygen atoms in total. The molecule has 138 valence electrons. The molecule has 2 aromatic rings. The molecule has 2 atom stereocenters. The Bertz CT molecular complexity index is 720. The number of rotatable bonds is 8. The number of amides is 2. The van der Waals surface area contributed by atoms with E-state index in [1.54, 1.807) is 24.3 Å². The van der Waals surface area contributed by atoms with Crippen LogP contribution in [0.1, 0.15) is 43.0 Å². The van der Waals surface area contributed by atoms with Gasteiger partial charge >= 0.3 is 0 Å². The lowest BCUT2D eigenvalue weighted by molar-refractivity contribution is -0.123. The van der Waals surface area contributed by atoms with E-state index in [0.717, 1.165) is 11.1 Å². The van der Waals surface area contributed by atoms with Crippen LogP contribution in [0.25, 0.3) is 0 Å². The average molecular weight is 375 g/mol. The third kappa shape index (κ3) is 6.17. The highest BCUT2D eigenvalue weighted by atomic mass is 35.5. The Kier molecular flexibility index (Phi) is 7.63. The quantitative estimate of drug-likeness (QED) is 0.664. The van der Waals surface area contributed by atoms with Crippen LogP contribution in [0.3, 0.4) is 0 Å². The Morgan fingerprint density at radius 2 is 1.58 bits per heavy atom. The van der Waals surface area contributed by atoms with Gasteiger partial charge in [-0.05, 0) is 29.7 Å². The minimum absolute atomic E-state index is 0.0356. The first-order chi connectivity index (χ1) is 12.5. The third-order valence-corrected chi connectivity index (χ3v) is 4.25. The van der Waals surface area contributed by atoms with E-state index in [-0.39, 0.29) is 30.9 Å². The van der Waals surface area contributed by atoms with Crippen molar-refractivity contribution in [2.24, 2.45) is 0 Å². The van der Waals surface area contributed by atoms with Crippen LogP contribution >= 0.6 is 11.6 Å². The predicted molar refractivity (Wildman–Crippen MR) is 102 cm³/mol. The summed E-state index contributed by atoms with van der Waals surface area (Å²) >= 11 is 5.91. The molecule has 0 spiro atoms. The number of carbonyl (C=O) groups excluding carboxylic acids is 2. The van der Waals surface area contributed by atoms with E-state index in [1.165, 1.54) is 6.92 Å². The van der Waals surface area contributed by atoms with Gasteiger partial charge in [0.15, 0.2) is 0 Å². The molecule has 0 aliphatic carbocycles. The maximum absolute atomic E-state index is 12.6. The monoisotopic (exact) mass is 374 g/mol. The van der Waals surface area contributed by atoms with Crippen LogP contribution in [-0.4, -0.2) is 23.5 Å². The standard InChI is InChI=1S/C20H23ClN2O3/c1-14(25)22-19(16-7-9-17(21)10-8-16)13-20(26)23-18(11-12-24)15-5-3-2-4-6-15/h2-10,18-19,24H,11-13H2,1H3,(H,22,25)(H,23,26)/t18-,19-/m1/s1. The molecule has 0 aliphatic rings. The molecule has 0 saturated carbocycles. The third-order valence-electron chi connectivity index (χ3n) is 3.99. The molecule has 0 unspecified atom stereocenters. The van der Waals surface area contributed by atoms with E-state index >= 15 is 0 Å². The molecule has 26 heavy (non-hydrogen) atoms. The summed E-state index contributed by atoms with van der Waals surface area (Å²) < 4.78 is 0. The normalized spacial score (nSPS) is 12.9. The lowest BCUT2D eigenvalue weighted by Crippen LogP contribution is -2.34. The van der Waals surface area contributed by atoms with E-state index in [1.807, 2.05) is 30.3 Å². The van der Waals surface area contributed by atoms with Crippen LogP contribution < -0.4 is 10.6 Å². The first kappa shape index (κ1) is 19.9. The smallest absolute Gasteiger partial charge is 0.222 e. The number of nitrogens with one attached hydrogen (secondary N) is 2.